The van der Waals surface area contributed by atoms with Crippen LogP contribution in [0.3, 0.4) is 0 Å². The average Bonchev–Trinajstić information content (AvgIpc) is 3.04. The number of carbonyl (C=O) groups excluding carboxylic acids is 2. The second-order valence-electron chi connectivity index (χ2n) is 5.64. The largest absolute Gasteiger partial charge is 0.493 e. The van der Waals surface area contributed by atoms with E-state index >= 15 is 0 Å². The second kappa shape index (κ2) is 8.80. The molecule has 28 heavy (non-hydrogen) atoms. The lowest BCUT2D eigenvalue weighted by Crippen LogP contribution is -2.23. The lowest BCUT2D eigenvalue weighted by Gasteiger charge is -2.15. The van der Waals surface area contributed by atoms with Gasteiger partial charge < -0.3 is 34.8 Å². The molecule has 0 bridgehead atoms. The SMILES string of the molecule is COc1cc(C(=O)NCc2cc(C(=O)O)c(C)o2)cc(OC)c1OCC(N)=O. The van der Waals surface area contributed by atoms with Crippen LogP contribution in [0.2, 0.25) is 0 Å². The van der Waals surface area contributed by atoms with Gasteiger partial charge in [0.25, 0.3) is 11.8 Å². The molecule has 0 radical (unpaired) electrons. The fourth-order valence-corrected chi connectivity index (χ4v) is 2.41. The van der Waals surface area contributed by atoms with Gasteiger partial charge in [-0.2, -0.15) is 0 Å². The van der Waals surface area contributed by atoms with E-state index in [-0.39, 0.29) is 47.3 Å². The number of ether oxygens (including phenoxy) is 3. The van der Waals surface area contributed by atoms with Gasteiger partial charge in [0.05, 0.1) is 20.8 Å². The minimum absolute atomic E-state index is 0.0164. The molecule has 0 aliphatic heterocycles. The number of primary amides is 1. The Morgan fingerprint density at radius 1 is 1.14 bits per heavy atom. The highest BCUT2D eigenvalue weighted by Crippen LogP contribution is 2.38. The van der Waals surface area contributed by atoms with Crippen LogP contribution in [-0.4, -0.2) is 43.7 Å². The van der Waals surface area contributed by atoms with Crippen LogP contribution in [0.5, 0.6) is 17.2 Å². The molecule has 0 saturated heterocycles. The van der Waals surface area contributed by atoms with Gasteiger partial charge in [0.1, 0.15) is 17.1 Å². The third-order valence-corrected chi connectivity index (χ3v) is 3.70. The van der Waals surface area contributed by atoms with Gasteiger partial charge in [-0.1, -0.05) is 0 Å². The molecule has 2 amide bonds. The maximum atomic E-state index is 12.5. The highest BCUT2D eigenvalue weighted by Gasteiger charge is 2.19. The lowest BCUT2D eigenvalue weighted by molar-refractivity contribution is -0.120. The first-order valence-corrected chi connectivity index (χ1v) is 8.04. The van der Waals surface area contributed by atoms with Crippen LogP contribution in [0.25, 0.3) is 0 Å². The van der Waals surface area contributed by atoms with E-state index in [0.717, 1.165) is 0 Å². The number of hydrogen-bond donors (Lipinski definition) is 3. The Labute approximate surface area is 160 Å². The van der Waals surface area contributed by atoms with E-state index in [9.17, 15) is 14.4 Å². The van der Waals surface area contributed by atoms with E-state index in [1.54, 1.807) is 0 Å². The Morgan fingerprint density at radius 3 is 2.21 bits per heavy atom. The van der Waals surface area contributed by atoms with Crippen molar-refractivity contribution < 1.29 is 38.1 Å². The van der Waals surface area contributed by atoms with Crippen molar-refractivity contribution in [3.63, 3.8) is 0 Å². The van der Waals surface area contributed by atoms with Gasteiger partial charge in [0.15, 0.2) is 18.1 Å². The summed E-state index contributed by atoms with van der Waals surface area (Å²) in [5.74, 6) is -1.25. The maximum Gasteiger partial charge on any atom is 0.339 e. The molecule has 0 fully saturated rings. The van der Waals surface area contributed by atoms with Crippen molar-refractivity contribution in [3.8, 4) is 17.2 Å². The van der Waals surface area contributed by atoms with Crippen LogP contribution >= 0.6 is 0 Å². The summed E-state index contributed by atoms with van der Waals surface area (Å²) in [6.45, 7) is 1.12. The van der Waals surface area contributed by atoms with Gasteiger partial charge in [-0.3, -0.25) is 9.59 Å². The van der Waals surface area contributed by atoms with Crippen molar-refractivity contribution in [2.24, 2.45) is 5.73 Å². The molecule has 0 aliphatic rings. The van der Waals surface area contributed by atoms with E-state index < -0.39 is 17.8 Å². The van der Waals surface area contributed by atoms with Crippen molar-refractivity contribution in [2.45, 2.75) is 13.5 Å². The topological polar surface area (TPSA) is 150 Å². The minimum atomic E-state index is -1.11. The predicted octanol–water partition coefficient (Wildman–Crippen LogP) is 1.10. The summed E-state index contributed by atoms with van der Waals surface area (Å²) in [5.41, 5.74) is 5.30. The smallest absolute Gasteiger partial charge is 0.339 e. The first kappa shape index (κ1) is 20.6. The summed E-state index contributed by atoms with van der Waals surface area (Å²) in [6, 6.07) is 4.16. The molecule has 1 heterocycles. The molecular formula is C18H20N2O8. The van der Waals surface area contributed by atoms with Crippen LogP contribution in [0.4, 0.5) is 0 Å². The van der Waals surface area contributed by atoms with Gasteiger partial charge in [0, 0.05) is 5.56 Å². The summed E-state index contributed by atoms with van der Waals surface area (Å²) in [4.78, 5) is 34.4. The predicted molar refractivity (Wildman–Crippen MR) is 95.8 cm³/mol. The van der Waals surface area contributed by atoms with E-state index in [0.29, 0.717) is 5.76 Å². The van der Waals surface area contributed by atoms with Gasteiger partial charge in [-0.15, -0.1) is 0 Å². The van der Waals surface area contributed by atoms with Crippen LogP contribution in [0, 0.1) is 6.92 Å². The molecule has 4 N–H and O–H groups in total. The first-order chi connectivity index (χ1) is 13.3. The lowest BCUT2D eigenvalue weighted by atomic mass is 10.1. The molecule has 2 aromatic rings. The number of furan rings is 1. The standard InChI is InChI=1S/C18H20N2O8/c1-9-12(18(23)24)6-11(28-9)7-20-17(22)10-4-13(25-2)16(14(5-10)26-3)27-8-15(19)21/h4-6H,7-8H2,1-3H3,(H2,19,21)(H,20,22)(H,23,24). The Morgan fingerprint density at radius 2 is 1.75 bits per heavy atom. The third kappa shape index (κ3) is 4.72. The molecule has 0 unspecified atom stereocenters. The normalized spacial score (nSPS) is 10.2. The van der Waals surface area contributed by atoms with Gasteiger partial charge in [-0.05, 0) is 25.1 Å². The number of amides is 2. The van der Waals surface area contributed by atoms with Crippen LogP contribution in [0.15, 0.2) is 22.6 Å². The number of aryl methyl sites for hydroxylation is 1. The molecule has 0 atom stereocenters. The molecule has 150 valence electrons. The van der Waals surface area contributed by atoms with E-state index in [2.05, 4.69) is 5.32 Å². The summed E-state index contributed by atoms with van der Waals surface area (Å²) < 4.78 is 21.0. The number of rotatable bonds is 9. The summed E-state index contributed by atoms with van der Waals surface area (Å²) >= 11 is 0. The van der Waals surface area contributed by atoms with E-state index in [1.165, 1.54) is 39.3 Å². The molecule has 0 spiro atoms. The second-order valence-corrected chi connectivity index (χ2v) is 5.64. The molecule has 1 aromatic carbocycles. The maximum absolute atomic E-state index is 12.5. The molecule has 2 rings (SSSR count). The van der Waals surface area contributed by atoms with Crippen molar-refractivity contribution in [2.75, 3.05) is 20.8 Å². The Balaban J connectivity index is 2.19. The summed E-state index contributed by atoms with van der Waals surface area (Å²) in [7, 11) is 2.74. The summed E-state index contributed by atoms with van der Waals surface area (Å²) in [5, 5.41) is 11.7. The zero-order valence-corrected chi connectivity index (χ0v) is 15.5. The fourth-order valence-electron chi connectivity index (χ4n) is 2.41. The number of nitrogens with one attached hydrogen (secondary N) is 1. The minimum Gasteiger partial charge on any atom is -0.493 e. The Bertz CT molecular complexity index is 878. The highest BCUT2D eigenvalue weighted by molar-refractivity contribution is 5.95. The van der Waals surface area contributed by atoms with Crippen molar-refractivity contribution >= 4 is 17.8 Å². The third-order valence-electron chi connectivity index (χ3n) is 3.70. The van der Waals surface area contributed by atoms with Crippen molar-refractivity contribution in [3.05, 3.63) is 40.8 Å². The van der Waals surface area contributed by atoms with Gasteiger partial charge in [-0.25, -0.2) is 4.79 Å². The Hall–Kier alpha value is -3.69. The number of hydrogen-bond acceptors (Lipinski definition) is 7. The molecule has 10 nitrogen and oxygen atoms in total. The monoisotopic (exact) mass is 392 g/mol. The molecule has 0 aliphatic carbocycles. The van der Waals surface area contributed by atoms with Gasteiger partial charge in [0.2, 0.25) is 5.75 Å². The highest BCUT2D eigenvalue weighted by atomic mass is 16.5. The van der Waals surface area contributed by atoms with E-state index in [4.69, 9.17) is 29.5 Å². The number of aromatic carboxylic acids is 1. The molecular weight excluding hydrogens is 372 g/mol. The number of carboxylic acid groups (broad SMARTS) is 1. The number of carbonyl (C=O) groups is 3. The van der Waals surface area contributed by atoms with Crippen LogP contribution < -0.4 is 25.3 Å². The number of nitrogens with two attached hydrogens (primary N) is 1. The first-order valence-electron chi connectivity index (χ1n) is 8.04. The number of methoxy groups -OCH3 is 2. The zero-order valence-electron chi connectivity index (χ0n) is 15.5. The molecule has 0 saturated carbocycles. The zero-order chi connectivity index (χ0) is 20.8. The quantitative estimate of drug-likeness (QED) is 0.574. The fraction of sp³-hybridized carbons (Fsp3) is 0.278. The van der Waals surface area contributed by atoms with Crippen molar-refractivity contribution in [1.29, 1.82) is 0 Å². The summed E-state index contributed by atoms with van der Waals surface area (Å²) in [6.07, 6.45) is 0. The van der Waals surface area contributed by atoms with Gasteiger partial charge >= 0.3 is 5.97 Å². The molecule has 1 aromatic heterocycles. The Kier molecular flexibility index (Phi) is 6.48. The molecule has 10 heteroatoms. The van der Waals surface area contributed by atoms with E-state index in [1.807, 2.05) is 0 Å². The van der Waals surface area contributed by atoms with Crippen molar-refractivity contribution in [1.82, 2.24) is 5.32 Å². The number of carboxylic acids is 1. The van der Waals surface area contributed by atoms with Crippen LogP contribution in [-0.2, 0) is 11.3 Å². The number of benzene rings is 1. The average molecular weight is 392 g/mol. The van der Waals surface area contributed by atoms with Crippen LogP contribution in [0.1, 0.15) is 32.2 Å².